The first-order valence-electron chi connectivity index (χ1n) is 12.3. The third-order valence-electron chi connectivity index (χ3n) is 7.35. The van der Waals surface area contributed by atoms with Crippen LogP contribution in [0.4, 0.5) is 11.6 Å². The van der Waals surface area contributed by atoms with Crippen LogP contribution in [0, 0.1) is 19.8 Å². The molecule has 3 aromatic rings. The lowest BCUT2D eigenvalue weighted by Crippen LogP contribution is -2.47. The molecule has 2 saturated heterocycles. The number of aliphatic hydroxyl groups excluding tert-OH is 1. The maximum absolute atomic E-state index is 10.2. The van der Waals surface area contributed by atoms with Crippen molar-refractivity contribution in [3.63, 3.8) is 0 Å². The van der Waals surface area contributed by atoms with Gasteiger partial charge in [0.1, 0.15) is 11.6 Å². The summed E-state index contributed by atoms with van der Waals surface area (Å²) >= 11 is 0. The Balaban J connectivity index is 1.53. The topological polar surface area (TPSA) is 92.9 Å². The summed E-state index contributed by atoms with van der Waals surface area (Å²) in [5.74, 6) is 2.21. The molecule has 0 radical (unpaired) electrons. The molecule has 2 aliphatic rings. The summed E-state index contributed by atoms with van der Waals surface area (Å²) in [7, 11) is 0. The number of benzene rings is 1. The van der Waals surface area contributed by atoms with Gasteiger partial charge in [0.05, 0.1) is 18.3 Å². The molecule has 0 atom stereocenters. The SMILES string of the molecule is Cc1ccc(-c2cnn3c(NCC4CCOCC4)cc(NC4(CO)CCOCC4)nc23)cc1C. The van der Waals surface area contributed by atoms with Crippen LogP contribution >= 0.6 is 0 Å². The van der Waals surface area contributed by atoms with E-state index in [0.29, 0.717) is 19.1 Å². The smallest absolute Gasteiger partial charge is 0.167 e. The van der Waals surface area contributed by atoms with E-state index >= 15 is 0 Å². The molecule has 0 unspecified atom stereocenters. The molecular formula is C26H35N5O3. The first-order valence-corrected chi connectivity index (χ1v) is 12.3. The number of fused-ring (bicyclic) bond motifs is 1. The molecular weight excluding hydrogens is 430 g/mol. The molecule has 8 heteroatoms. The van der Waals surface area contributed by atoms with Crippen molar-refractivity contribution in [3.8, 4) is 11.1 Å². The zero-order chi connectivity index (χ0) is 23.5. The van der Waals surface area contributed by atoms with Gasteiger partial charge in [-0.05, 0) is 62.1 Å². The van der Waals surface area contributed by atoms with Crippen LogP contribution in [0.2, 0.25) is 0 Å². The third-order valence-corrected chi connectivity index (χ3v) is 7.35. The highest BCUT2D eigenvalue weighted by Gasteiger charge is 2.32. The average Bonchev–Trinajstić information content (AvgIpc) is 3.29. The molecule has 0 spiro atoms. The Hall–Kier alpha value is -2.68. The van der Waals surface area contributed by atoms with E-state index in [4.69, 9.17) is 19.6 Å². The summed E-state index contributed by atoms with van der Waals surface area (Å²) in [6, 6.07) is 8.47. The summed E-state index contributed by atoms with van der Waals surface area (Å²) in [6.07, 6.45) is 5.50. The number of aromatic nitrogens is 3. The predicted molar refractivity (Wildman–Crippen MR) is 133 cm³/mol. The standard InChI is InChI=1S/C26H35N5O3/c1-18-3-4-21(13-19(18)2)22-16-28-31-24(27-15-20-5-9-33-10-6-20)14-23(29-25(22)31)30-26(17-32)7-11-34-12-8-26/h3-4,13-14,16,20,27,32H,5-12,15,17H2,1-2H3,(H,29,30). The molecule has 2 aromatic heterocycles. The molecule has 0 amide bonds. The van der Waals surface area contributed by atoms with Crippen LogP contribution in [0.3, 0.4) is 0 Å². The maximum atomic E-state index is 10.2. The van der Waals surface area contributed by atoms with Gasteiger partial charge in [0.25, 0.3) is 0 Å². The quantitative estimate of drug-likeness (QED) is 0.489. The molecule has 2 fully saturated rings. The van der Waals surface area contributed by atoms with Crippen LogP contribution < -0.4 is 10.6 Å². The zero-order valence-corrected chi connectivity index (χ0v) is 20.1. The van der Waals surface area contributed by atoms with E-state index < -0.39 is 5.54 Å². The van der Waals surface area contributed by atoms with E-state index in [2.05, 4.69) is 42.7 Å². The van der Waals surface area contributed by atoms with Crippen LogP contribution in [-0.2, 0) is 9.47 Å². The fourth-order valence-electron chi connectivity index (χ4n) is 4.82. The molecule has 0 bridgehead atoms. The van der Waals surface area contributed by atoms with Crippen LogP contribution in [0.25, 0.3) is 16.8 Å². The number of nitrogens with one attached hydrogen (secondary N) is 2. The number of hydrogen-bond acceptors (Lipinski definition) is 7. The lowest BCUT2D eigenvalue weighted by molar-refractivity contribution is 0.0378. The van der Waals surface area contributed by atoms with Gasteiger partial charge in [0.2, 0.25) is 0 Å². The highest BCUT2D eigenvalue weighted by atomic mass is 16.5. The van der Waals surface area contributed by atoms with Gasteiger partial charge in [-0.3, -0.25) is 0 Å². The van der Waals surface area contributed by atoms with Gasteiger partial charge in [-0.2, -0.15) is 9.61 Å². The molecule has 182 valence electrons. The molecule has 5 rings (SSSR count). The fourth-order valence-corrected chi connectivity index (χ4v) is 4.82. The maximum Gasteiger partial charge on any atom is 0.167 e. The first-order chi connectivity index (χ1) is 16.6. The highest BCUT2D eigenvalue weighted by molar-refractivity contribution is 5.80. The Labute approximate surface area is 200 Å². The van der Waals surface area contributed by atoms with Gasteiger partial charge < -0.3 is 25.2 Å². The monoisotopic (exact) mass is 465 g/mol. The number of aliphatic hydroxyl groups is 1. The van der Waals surface area contributed by atoms with Crippen molar-refractivity contribution in [2.75, 3.05) is 50.2 Å². The summed E-state index contributed by atoms with van der Waals surface area (Å²) in [6.45, 7) is 8.06. The third kappa shape index (κ3) is 4.76. The summed E-state index contributed by atoms with van der Waals surface area (Å²) in [4.78, 5) is 4.98. The Morgan fingerprint density at radius 1 is 1.06 bits per heavy atom. The Morgan fingerprint density at radius 2 is 1.82 bits per heavy atom. The summed E-state index contributed by atoms with van der Waals surface area (Å²) in [5.41, 5.74) is 4.96. The van der Waals surface area contributed by atoms with Gasteiger partial charge in [0.15, 0.2) is 5.65 Å². The lowest BCUT2D eigenvalue weighted by atomic mass is 9.91. The lowest BCUT2D eigenvalue weighted by Gasteiger charge is -2.36. The van der Waals surface area contributed by atoms with Crippen molar-refractivity contribution < 1.29 is 14.6 Å². The van der Waals surface area contributed by atoms with E-state index in [1.165, 1.54) is 11.1 Å². The minimum Gasteiger partial charge on any atom is -0.394 e. The largest absolute Gasteiger partial charge is 0.394 e. The van der Waals surface area contributed by atoms with Crippen molar-refractivity contribution in [2.24, 2.45) is 5.92 Å². The van der Waals surface area contributed by atoms with E-state index in [1.54, 1.807) is 0 Å². The number of rotatable bonds is 7. The van der Waals surface area contributed by atoms with Gasteiger partial charge in [-0.15, -0.1) is 0 Å². The highest BCUT2D eigenvalue weighted by Crippen LogP contribution is 2.31. The van der Waals surface area contributed by atoms with Crippen molar-refractivity contribution in [1.29, 1.82) is 0 Å². The molecule has 4 heterocycles. The molecule has 2 aliphatic heterocycles. The van der Waals surface area contributed by atoms with Gasteiger partial charge >= 0.3 is 0 Å². The predicted octanol–water partition coefficient (Wildman–Crippen LogP) is 3.81. The normalized spacial score (nSPS) is 18.8. The number of anilines is 2. The molecule has 8 nitrogen and oxygen atoms in total. The molecule has 0 saturated carbocycles. The second-order valence-corrected chi connectivity index (χ2v) is 9.73. The molecule has 0 aliphatic carbocycles. The van der Waals surface area contributed by atoms with Crippen molar-refractivity contribution in [2.45, 2.75) is 45.1 Å². The second-order valence-electron chi connectivity index (χ2n) is 9.73. The molecule has 1 aromatic carbocycles. The average molecular weight is 466 g/mol. The van der Waals surface area contributed by atoms with Crippen molar-refractivity contribution in [1.82, 2.24) is 14.6 Å². The Morgan fingerprint density at radius 3 is 2.56 bits per heavy atom. The fraction of sp³-hybridized carbons (Fsp3) is 0.538. The van der Waals surface area contributed by atoms with Crippen LogP contribution in [0.5, 0.6) is 0 Å². The van der Waals surface area contributed by atoms with E-state index in [-0.39, 0.29) is 6.61 Å². The molecule has 3 N–H and O–H groups in total. The van der Waals surface area contributed by atoms with E-state index in [9.17, 15) is 5.11 Å². The first kappa shape index (κ1) is 23.1. The van der Waals surface area contributed by atoms with Gasteiger partial charge in [0, 0.05) is 44.6 Å². The van der Waals surface area contributed by atoms with Gasteiger partial charge in [-0.25, -0.2) is 4.98 Å². The van der Waals surface area contributed by atoms with Crippen molar-refractivity contribution >= 4 is 17.3 Å². The summed E-state index contributed by atoms with van der Waals surface area (Å²) in [5, 5.41) is 22.1. The Bertz CT molecular complexity index is 1130. The van der Waals surface area contributed by atoms with Gasteiger partial charge in [-0.1, -0.05) is 18.2 Å². The minimum atomic E-state index is -0.428. The van der Waals surface area contributed by atoms with Crippen LogP contribution in [-0.4, -0.2) is 64.8 Å². The molecule has 34 heavy (non-hydrogen) atoms. The number of aryl methyl sites for hydroxylation is 2. The Kier molecular flexibility index (Phi) is 6.72. The van der Waals surface area contributed by atoms with Crippen molar-refractivity contribution in [3.05, 3.63) is 41.6 Å². The second kappa shape index (κ2) is 9.90. The number of ether oxygens (including phenoxy) is 2. The van der Waals surface area contributed by atoms with Crippen LogP contribution in [0.1, 0.15) is 36.8 Å². The number of hydrogen-bond donors (Lipinski definition) is 3. The summed E-state index contributed by atoms with van der Waals surface area (Å²) < 4.78 is 13.0. The van der Waals surface area contributed by atoms with Crippen LogP contribution in [0.15, 0.2) is 30.5 Å². The zero-order valence-electron chi connectivity index (χ0n) is 20.1. The van der Waals surface area contributed by atoms with E-state index in [1.807, 2.05) is 16.8 Å². The van der Waals surface area contributed by atoms with E-state index in [0.717, 1.165) is 73.9 Å². The minimum absolute atomic E-state index is 0.0390. The number of nitrogens with zero attached hydrogens (tertiary/aromatic N) is 3.